The summed E-state index contributed by atoms with van der Waals surface area (Å²) < 4.78 is 25.1. The third-order valence-electron chi connectivity index (χ3n) is 7.87. The summed E-state index contributed by atoms with van der Waals surface area (Å²) in [4.78, 5) is 9.30. The highest BCUT2D eigenvalue weighted by molar-refractivity contribution is 5.44. The van der Waals surface area contributed by atoms with Crippen molar-refractivity contribution >= 4 is 0 Å². The minimum atomic E-state index is 0.415. The van der Waals surface area contributed by atoms with E-state index < -0.39 is 0 Å². The van der Waals surface area contributed by atoms with Crippen LogP contribution >= 0.6 is 0 Å². The van der Waals surface area contributed by atoms with Crippen molar-refractivity contribution in [3.63, 3.8) is 0 Å². The molecule has 0 saturated heterocycles. The predicted octanol–water partition coefficient (Wildman–Crippen LogP) is 7.67. The van der Waals surface area contributed by atoms with Gasteiger partial charge < -0.3 is 29.6 Å². The van der Waals surface area contributed by atoms with Gasteiger partial charge in [-0.15, -0.1) is 0 Å². The van der Waals surface area contributed by atoms with E-state index in [0.717, 1.165) is 33.6 Å². The topological polar surface area (TPSA) is 86.8 Å². The summed E-state index contributed by atoms with van der Waals surface area (Å²) in [5, 5.41) is 7.00. The molecule has 0 aliphatic rings. The largest absolute Gasteiger partial charge is 0.485 e. The monoisotopic (exact) mass is 666 g/mol. The summed E-state index contributed by atoms with van der Waals surface area (Å²) >= 11 is 0. The summed E-state index contributed by atoms with van der Waals surface area (Å²) in [6.07, 6.45) is 3.53. The Morgan fingerprint density at radius 3 is 1.04 bits per heavy atom. The van der Waals surface area contributed by atoms with Gasteiger partial charge in [-0.3, -0.25) is 9.97 Å². The number of pyridine rings is 2. The summed E-state index contributed by atoms with van der Waals surface area (Å²) in [5.41, 5.74) is 5.88. The van der Waals surface area contributed by atoms with Gasteiger partial charge in [-0.25, -0.2) is 0 Å². The standard InChI is InChI=1S/C42H42N4O4/c1-5-13-33(14-6-1)29-47-39-21-23-45-37(41(39)49-31-35-17-9-3-10-18-35)27-43-25-26-44-28-38-42(50-32-36-19-11-4-12-20-36)40(22-24-46-38)48-30-34-15-7-2-8-16-34/h1-24,43-44H,25-32H2. The average molecular weight is 667 g/mol. The van der Waals surface area contributed by atoms with E-state index in [2.05, 4.69) is 20.6 Å². The van der Waals surface area contributed by atoms with Gasteiger partial charge in [-0.1, -0.05) is 121 Å². The molecule has 0 bridgehead atoms. The molecule has 0 saturated carbocycles. The molecule has 6 aromatic rings. The van der Waals surface area contributed by atoms with Crippen LogP contribution in [-0.2, 0) is 39.5 Å². The zero-order valence-corrected chi connectivity index (χ0v) is 28.0. The van der Waals surface area contributed by atoms with E-state index in [1.165, 1.54) is 0 Å². The molecule has 8 nitrogen and oxygen atoms in total. The van der Waals surface area contributed by atoms with Gasteiger partial charge in [0.15, 0.2) is 23.0 Å². The second-order valence-electron chi connectivity index (χ2n) is 11.6. The van der Waals surface area contributed by atoms with Crippen molar-refractivity contribution in [1.29, 1.82) is 0 Å². The molecule has 254 valence electrons. The highest BCUT2D eigenvalue weighted by Gasteiger charge is 2.15. The van der Waals surface area contributed by atoms with Gasteiger partial charge in [0.05, 0.1) is 11.4 Å². The van der Waals surface area contributed by atoms with E-state index in [4.69, 9.17) is 18.9 Å². The van der Waals surface area contributed by atoms with Crippen LogP contribution in [0.4, 0.5) is 0 Å². The van der Waals surface area contributed by atoms with Crippen molar-refractivity contribution in [2.24, 2.45) is 0 Å². The van der Waals surface area contributed by atoms with Gasteiger partial charge in [-0.2, -0.15) is 0 Å². The Bertz CT molecular complexity index is 1720. The number of nitrogens with zero attached hydrogens (tertiary/aromatic N) is 2. The van der Waals surface area contributed by atoms with Crippen molar-refractivity contribution in [3.8, 4) is 23.0 Å². The quantitative estimate of drug-likeness (QED) is 0.0853. The third-order valence-corrected chi connectivity index (χ3v) is 7.87. The Balaban J connectivity index is 1.06. The molecule has 6 rings (SSSR count). The van der Waals surface area contributed by atoms with Crippen molar-refractivity contribution in [3.05, 3.63) is 179 Å². The zero-order chi connectivity index (χ0) is 34.1. The second kappa shape index (κ2) is 18.7. The number of hydrogen-bond acceptors (Lipinski definition) is 8. The molecule has 2 aromatic heterocycles. The van der Waals surface area contributed by atoms with E-state index in [1.54, 1.807) is 12.4 Å². The first-order valence-electron chi connectivity index (χ1n) is 16.9. The van der Waals surface area contributed by atoms with Gasteiger partial charge >= 0.3 is 0 Å². The normalized spacial score (nSPS) is 10.8. The number of benzene rings is 4. The Morgan fingerprint density at radius 1 is 0.380 bits per heavy atom. The molecule has 0 radical (unpaired) electrons. The first-order chi connectivity index (χ1) is 24.8. The van der Waals surface area contributed by atoms with E-state index in [1.807, 2.05) is 133 Å². The minimum Gasteiger partial charge on any atom is -0.485 e. The maximum Gasteiger partial charge on any atom is 0.184 e. The maximum absolute atomic E-state index is 6.33. The highest BCUT2D eigenvalue weighted by Crippen LogP contribution is 2.32. The summed E-state index contributed by atoms with van der Waals surface area (Å²) in [5.74, 6) is 2.62. The molecular formula is C42H42N4O4. The molecule has 0 spiro atoms. The van der Waals surface area contributed by atoms with Crippen LogP contribution in [0.1, 0.15) is 33.6 Å². The molecule has 0 fully saturated rings. The Labute approximate surface area is 294 Å². The predicted molar refractivity (Wildman–Crippen MR) is 195 cm³/mol. The second-order valence-corrected chi connectivity index (χ2v) is 11.6. The van der Waals surface area contributed by atoms with E-state index in [9.17, 15) is 0 Å². The molecule has 0 aliphatic heterocycles. The Hall–Kier alpha value is -5.70. The molecular weight excluding hydrogens is 624 g/mol. The fraction of sp³-hybridized carbons (Fsp3) is 0.190. The molecule has 0 atom stereocenters. The lowest BCUT2D eigenvalue weighted by Gasteiger charge is -2.17. The van der Waals surface area contributed by atoms with Crippen LogP contribution in [0.5, 0.6) is 23.0 Å². The fourth-order valence-corrected chi connectivity index (χ4v) is 5.25. The lowest BCUT2D eigenvalue weighted by atomic mass is 10.2. The smallest absolute Gasteiger partial charge is 0.184 e. The first kappa shape index (κ1) is 34.2. The number of ether oxygens (including phenoxy) is 4. The van der Waals surface area contributed by atoms with E-state index in [0.29, 0.717) is 75.6 Å². The summed E-state index contributed by atoms with van der Waals surface area (Å²) in [6, 6.07) is 44.1. The number of rotatable bonds is 19. The van der Waals surface area contributed by atoms with Crippen molar-refractivity contribution < 1.29 is 18.9 Å². The van der Waals surface area contributed by atoms with Crippen molar-refractivity contribution in [2.75, 3.05) is 13.1 Å². The molecule has 50 heavy (non-hydrogen) atoms. The van der Waals surface area contributed by atoms with Crippen LogP contribution < -0.4 is 29.6 Å². The van der Waals surface area contributed by atoms with Gasteiger partial charge in [0.1, 0.15) is 26.4 Å². The molecule has 0 unspecified atom stereocenters. The summed E-state index contributed by atoms with van der Waals surface area (Å²) in [6.45, 7) is 4.12. The lowest BCUT2D eigenvalue weighted by molar-refractivity contribution is 0.251. The summed E-state index contributed by atoms with van der Waals surface area (Å²) in [7, 11) is 0. The van der Waals surface area contributed by atoms with E-state index >= 15 is 0 Å². The van der Waals surface area contributed by atoms with Crippen LogP contribution in [-0.4, -0.2) is 23.1 Å². The first-order valence-corrected chi connectivity index (χ1v) is 16.9. The Kier molecular flexibility index (Phi) is 12.8. The van der Waals surface area contributed by atoms with Gasteiger partial charge in [0, 0.05) is 50.7 Å². The van der Waals surface area contributed by atoms with Crippen LogP contribution in [0.25, 0.3) is 0 Å². The van der Waals surface area contributed by atoms with Crippen LogP contribution in [0.15, 0.2) is 146 Å². The molecule has 8 heteroatoms. The third kappa shape index (κ3) is 10.4. The van der Waals surface area contributed by atoms with Crippen LogP contribution in [0.3, 0.4) is 0 Å². The van der Waals surface area contributed by atoms with Crippen LogP contribution in [0.2, 0.25) is 0 Å². The number of hydrogen-bond donors (Lipinski definition) is 2. The van der Waals surface area contributed by atoms with Crippen LogP contribution in [0, 0.1) is 0 Å². The number of aromatic nitrogens is 2. The van der Waals surface area contributed by atoms with Gasteiger partial charge in [-0.05, 0) is 22.3 Å². The molecule has 0 aliphatic carbocycles. The minimum absolute atomic E-state index is 0.415. The fourth-order valence-electron chi connectivity index (χ4n) is 5.25. The van der Waals surface area contributed by atoms with Crippen molar-refractivity contribution in [2.45, 2.75) is 39.5 Å². The molecule has 2 heterocycles. The lowest BCUT2D eigenvalue weighted by Crippen LogP contribution is -2.27. The molecule has 4 aromatic carbocycles. The SMILES string of the molecule is c1ccc(COc2ccnc(CNCCNCc3nccc(OCc4ccccc4)c3OCc3ccccc3)c2OCc2ccccc2)cc1. The van der Waals surface area contributed by atoms with E-state index in [-0.39, 0.29) is 0 Å². The van der Waals surface area contributed by atoms with Crippen molar-refractivity contribution in [1.82, 2.24) is 20.6 Å². The van der Waals surface area contributed by atoms with Gasteiger partial charge in [0.2, 0.25) is 0 Å². The highest BCUT2D eigenvalue weighted by atomic mass is 16.5. The van der Waals surface area contributed by atoms with Gasteiger partial charge in [0.25, 0.3) is 0 Å². The maximum atomic E-state index is 6.33. The average Bonchev–Trinajstić information content (AvgIpc) is 3.18. The molecule has 0 amide bonds. The zero-order valence-electron chi connectivity index (χ0n) is 28.0. The molecule has 2 N–H and O–H groups in total. The Morgan fingerprint density at radius 2 is 0.700 bits per heavy atom. The number of nitrogens with one attached hydrogen (secondary N) is 2.